The van der Waals surface area contributed by atoms with Gasteiger partial charge in [-0.2, -0.15) is 0 Å². The first-order valence-electron chi connectivity index (χ1n) is 9.92. The van der Waals surface area contributed by atoms with Crippen LogP contribution in [-0.2, 0) is 19.1 Å². The SMILES string of the molecule is COCOc1cccc(C(C2CCCCCC2OC(=O)/C=C\C(=O)O)N(C)C)c1. The van der Waals surface area contributed by atoms with Crippen LogP contribution in [0.2, 0.25) is 0 Å². The fourth-order valence-corrected chi connectivity index (χ4v) is 3.98. The van der Waals surface area contributed by atoms with Gasteiger partial charge in [0.2, 0.25) is 0 Å². The Hall–Kier alpha value is -2.38. The molecule has 3 unspecified atom stereocenters. The van der Waals surface area contributed by atoms with E-state index in [-0.39, 0.29) is 24.9 Å². The highest BCUT2D eigenvalue weighted by Gasteiger charge is 2.35. The van der Waals surface area contributed by atoms with Crippen LogP contribution in [0.1, 0.15) is 43.7 Å². The lowest BCUT2D eigenvalue weighted by molar-refractivity contribution is -0.148. The van der Waals surface area contributed by atoms with Crippen molar-refractivity contribution in [2.24, 2.45) is 5.92 Å². The first-order valence-corrected chi connectivity index (χ1v) is 9.92. The highest BCUT2D eigenvalue weighted by molar-refractivity contribution is 5.90. The predicted octanol–water partition coefficient (Wildman–Crippen LogP) is 3.40. The fourth-order valence-electron chi connectivity index (χ4n) is 3.98. The third-order valence-electron chi connectivity index (χ3n) is 5.14. The normalized spacial score (nSPS) is 21.0. The van der Waals surface area contributed by atoms with Crippen LogP contribution < -0.4 is 4.74 Å². The van der Waals surface area contributed by atoms with Crippen molar-refractivity contribution < 1.29 is 28.9 Å². The minimum absolute atomic E-state index is 0.0282. The summed E-state index contributed by atoms with van der Waals surface area (Å²) in [4.78, 5) is 25.0. The van der Waals surface area contributed by atoms with Crippen molar-refractivity contribution in [2.75, 3.05) is 28.0 Å². The Morgan fingerprint density at radius 2 is 1.97 bits per heavy atom. The Labute approximate surface area is 172 Å². The second kappa shape index (κ2) is 11.6. The molecule has 7 nitrogen and oxygen atoms in total. The Morgan fingerprint density at radius 1 is 1.21 bits per heavy atom. The van der Waals surface area contributed by atoms with E-state index in [0.717, 1.165) is 55.6 Å². The van der Waals surface area contributed by atoms with Crippen LogP contribution in [0, 0.1) is 5.92 Å². The molecule has 1 fully saturated rings. The number of carbonyl (C=O) groups is 2. The summed E-state index contributed by atoms with van der Waals surface area (Å²) in [6.45, 7) is 0.176. The molecule has 1 aromatic rings. The number of benzene rings is 1. The van der Waals surface area contributed by atoms with Gasteiger partial charge < -0.3 is 24.2 Å². The number of carbonyl (C=O) groups excluding carboxylic acids is 1. The molecular weight excluding hydrogens is 374 g/mol. The summed E-state index contributed by atoms with van der Waals surface area (Å²) in [5.41, 5.74) is 1.08. The van der Waals surface area contributed by atoms with Crippen LogP contribution in [0.4, 0.5) is 0 Å². The van der Waals surface area contributed by atoms with E-state index >= 15 is 0 Å². The summed E-state index contributed by atoms with van der Waals surface area (Å²) in [6.07, 6.45) is 6.34. The molecule has 3 atom stereocenters. The minimum atomic E-state index is -1.17. The number of rotatable bonds is 9. The van der Waals surface area contributed by atoms with E-state index in [9.17, 15) is 9.59 Å². The van der Waals surface area contributed by atoms with Gasteiger partial charge in [0.15, 0.2) is 6.79 Å². The predicted molar refractivity (Wildman–Crippen MR) is 109 cm³/mol. The standard InChI is InChI=1S/C22H31NO6/c1-23(2)22(16-8-7-9-17(14-16)28-15-27-3)18-10-5-4-6-11-19(18)29-21(26)13-12-20(24)25/h7-9,12-14,18-19,22H,4-6,10-11,15H2,1-3H3,(H,24,25)/b13-12-. The third-order valence-corrected chi connectivity index (χ3v) is 5.14. The zero-order valence-electron chi connectivity index (χ0n) is 17.4. The van der Waals surface area contributed by atoms with Gasteiger partial charge in [0.05, 0.1) is 0 Å². The van der Waals surface area contributed by atoms with Crippen LogP contribution in [0.15, 0.2) is 36.4 Å². The van der Waals surface area contributed by atoms with E-state index in [1.54, 1.807) is 7.11 Å². The number of carboxylic acids is 1. The number of hydrogen-bond acceptors (Lipinski definition) is 6. The molecule has 1 aliphatic carbocycles. The minimum Gasteiger partial charge on any atom is -0.478 e. The summed E-state index contributed by atoms with van der Waals surface area (Å²) in [7, 11) is 5.61. The van der Waals surface area contributed by atoms with Crippen molar-refractivity contribution in [1.82, 2.24) is 4.90 Å². The first-order chi connectivity index (χ1) is 13.9. The molecule has 0 spiro atoms. The molecule has 0 radical (unpaired) electrons. The van der Waals surface area contributed by atoms with Crippen LogP contribution in [-0.4, -0.2) is 56.0 Å². The average molecular weight is 405 g/mol. The van der Waals surface area contributed by atoms with Crippen LogP contribution in [0.5, 0.6) is 5.75 Å². The molecule has 0 heterocycles. The highest BCUT2D eigenvalue weighted by Crippen LogP contribution is 2.39. The molecule has 29 heavy (non-hydrogen) atoms. The number of ether oxygens (including phenoxy) is 3. The van der Waals surface area contributed by atoms with Crippen LogP contribution in [0.25, 0.3) is 0 Å². The van der Waals surface area contributed by atoms with Crippen molar-refractivity contribution in [3.05, 3.63) is 42.0 Å². The van der Waals surface area contributed by atoms with Gasteiger partial charge in [-0.1, -0.05) is 25.0 Å². The molecule has 1 N–H and O–H groups in total. The number of esters is 1. The van der Waals surface area contributed by atoms with E-state index in [1.165, 1.54) is 0 Å². The molecule has 0 aromatic heterocycles. The Kier molecular flexibility index (Phi) is 9.15. The molecule has 0 bridgehead atoms. The molecular formula is C22H31NO6. The molecule has 160 valence electrons. The van der Waals surface area contributed by atoms with Gasteiger partial charge in [0, 0.05) is 31.2 Å². The van der Waals surface area contributed by atoms with Gasteiger partial charge in [0.25, 0.3) is 0 Å². The van der Waals surface area contributed by atoms with Gasteiger partial charge in [-0.3, -0.25) is 0 Å². The quantitative estimate of drug-likeness (QED) is 0.292. The summed E-state index contributed by atoms with van der Waals surface area (Å²) in [5.74, 6) is -0.965. The van der Waals surface area contributed by atoms with Gasteiger partial charge >= 0.3 is 11.9 Å². The molecule has 0 amide bonds. The first kappa shape index (κ1) is 22.9. The van der Waals surface area contributed by atoms with Crippen molar-refractivity contribution in [3.63, 3.8) is 0 Å². The lowest BCUT2D eigenvalue weighted by Crippen LogP contribution is -2.36. The van der Waals surface area contributed by atoms with E-state index in [0.29, 0.717) is 0 Å². The van der Waals surface area contributed by atoms with E-state index in [2.05, 4.69) is 11.0 Å². The van der Waals surface area contributed by atoms with Crippen molar-refractivity contribution in [1.29, 1.82) is 0 Å². The number of methoxy groups -OCH3 is 1. The summed E-state index contributed by atoms with van der Waals surface area (Å²) < 4.78 is 16.3. The second-order valence-electron chi connectivity index (χ2n) is 7.48. The fraction of sp³-hybridized carbons (Fsp3) is 0.545. The van der Waals surface area contributed by atoms with Gasteiger partial charge in [-0.05, 0) is 51.1 Å². The van der Waals surface area contributed by atoms with Crippen molar-refractivity contribution in [2.45, 2.75) is 44.2 Å². The highest BCUT2D eigenvalue weighted by atomic mass is 16.7. The van der Waals surface area contributed by atoms with Crippen LogP contribution >= 0.6 is 0 Å². The number of carboxylic acid groups (broad SMARTS) is 1. The van der Waals surface area contributed by atoms with Gasteiger partial charge in [-0.15, -0.1) is 0 Å². The van der Waals surface area contributed by atoms with Crippen molar-refractivity contribution in [3.8, 4) is 5.75 Å². The number of aliphatic carboxylic acids is 1. The molecule has 1 saturated carbocycles. The van der Waals surface area contributed by atoms with E-state index in [1.807, 2.05) is 32.3 Å². The third kappa shape index (κ3) is 7.18. The second-order valence-corrected chi connectivity index (χ2v) is 7.48. The summed E-state index contributed by atoms with van der Waals surface area (Å²) in [6, 6.07) is 7.91. The Balaban J connectivity index is 2.27. The molecule has 2 rings (SSSR count). The zero-order chi connectivity index (χ0) is 21.2. The Bertz CT molecular complexity index is 702. The van der Waals surface area contributed by atoms with E-state index in [4.69, 9.17) is 19.3 Å². The lowest BCUT2D eigenvalue weighted by atomic mass is 9.84. The van der Waals surface area contributed by atoms with Crippen LogP contribution in [0.3, 0.4) is 0 Å². The summed E-state index contributed by atoms with van der Waals surface area (Å²) in [5, 5.41) is 8.74. The topological polar surface area (TPSA) is 85.3 Å². The maximum Gasteiger partial charge on any atom is 0.331 e. The molecule has 7 heteroatoms. The van der Waals surface area contributed by atoms with Crippen molar-refractivity contribution >= 4 is 11.9 Å². The molecule has 1 aliphatic rings. The Morgan fingerprint density at radius 3 is 2.66 bits per heavy atom. The van der Waals surface area contributed by atoms with Gasteiger partial charge in [-0.25, -0.2) is 9.59 Å². The number of nitrogens with zero attached hydrogens (tertiary/aromatic N) is 1. The zero-order valence-corrected chi connectivity index (χ0v) is 17.4. The molecule has 1 aromatic carbocycles. The smallest absolute Gasteiger partial charge is 0.331 e. The van der Waals surface area contributed by atoms with Gasteiger partial charge in [0.1, 0.15) is 11.9 Å². The lowest BCUT2D eigenvalue weighted by Gasteiger charge is -2.36. The van der Waals surface area contributed by atoms with E-state index < -0.39 is 11.9 Å². The largest absolute Gasteiger partial charge is 0.478 e. The molecule has 0 aliphatic heterocycles. The monoisotopic (exact) mass is 405 g/mol. The maximum atomic E-state index is 12.2. The molecule has 0 saturated heterocycles. The summed E-state index contributed by atoms with van der Waals surface area (Å²) >= 11 is 0. The maximum absolute atomic E-state index is 12.2. The number of hydrogen-bond donors (Lipinski definition) is 1. The average Bonchev–Trinajstić information content (AvgIpc) is 2.90.